The van der Waals surface area contributed by atoms with Crippen molar-refractivity contribution in [3.63, 3.8) is 0 Å². The van der Waals surface area contributed by atoms with Crippen LogP contribution >= 0.6 is 0 Å². The van der Waals surface area contributed by atoms with Gasteiger partial charge in [-0.15, -0.1) is 0 Å². The van der Waals surface area contributed by atoms with Crippen LogP contribution in [-0.2, 0) is 14.6 Å². The topological polar surface area (TPSA) is 46.6 Å². The highest BCUT2D eigenvalue weighted by atomic mass is 32.2. The lowest BCUT2D eigenvalue weighted by Crippen LogP contribution is -2.35. The molecule has 5 heteroatoms. The molecule has 0 unspecified atom stereocenters. The SMILES string of the molecule is C/C(=C\S(=O)(=O)c1ccccc1)N1CCOCC1. The molecule has 98 valence electrons. The van der Waals surface area contributed by atoms with Crippen LogP contribution in [0.4, 0.5) is 0 Å². The van der Waals surface area contributed by atoms with Gasteiger partial charge in [0.15, 0.2) is 0 Å². The van der Waals surface area contributed by atoms with Crippen molar-refractivity contribution in [2.45, 2.75) is 11.8 Å². The second-order valence-corrected chi connectivity index (χ2v) is 6.01. The van der Waals surface area contributed by atoms with Crippen molar-refractivity contribution in [2.75, 3.05) is 26.3 Å². The van der Waals surface area contributed by atoms with E-state index in [1.807, 2.05) is 11.8 Å². The van der Waals surface area contributed by atoms with E-state index in [2.05, 4.69) is 0 Å². The van der Waals surface area contributed by atoms with Crippen LogP contribution in [0.1, 0.15) is 6.92 Å². The van der Waals surface area contributed by atoms with Crippen molar-refractivity contribution in [3.05, 3.63) is 41.4 Å². The molecule has 1 saturated heterocycles. The summed E-state index contributed by atoms with van der Waals surface area (Å²) in [5.74, 6) is 0. The Balaban J connectivity index is 2.21. The van der Waals surface area contributed by atoms with E-state index in [-0.39, 0.29) is 0 Å². The molecule has 1 fully saturated rings. The maximum Gasteiger partial charge on any atom is 0.201 e. The molecular weight excluding hydrogens is 250 g/mol. The van der Waals surface area contributed by atoms with Crippen LogP contribution in [0.25, 0.3) is 0 Å². The quantitative estimate of drug-likeness (QED) is 0.835. The summed E-state index contributed by atoms with van der Waals surface area (Å²) in [7, 11) is -3.35. The number of hydrogen-bond donors (Lipinski definition) is 0. The molecule has 0 aliphatic carbocycles. The smallest absolute Gasteiger partial charge is 0.201 e. The molecule has 0 spiro atoms. The van der Waals surface area contributed by atoms with Crippen molar-refractivity contribution in [2.24, 2.45) is 0 Å². The Hall–Kier alpha value is -1.33. The van der Waals surface area contributed by atoms with E-state index in [0.717, 1.165) is 18.8 Å². The van der Waals surface area contributed by atoms with Crippen LogP contribution in [0.5, 0.6) is 0 Å². The second-order valence-electron chi connectivity index (χ2n) is 4.22. The average molecular weight is 267 g/mol. The third-order valence-electron chi connectivity index (χ3n) is 2.91. The van der Waals surface area contributed by atoms with Crippen molar-refractivity contribution in [1.82, 2.24) is 4.90 Å². The van der Waals surface area contributed by atoms with Gasteiger partial charge in [-0.3, -0.25) is 0 Å². The van der Waals surface area contributed by atoms with Gasteiger partial charge in [-0.2, -0.15) is 0 Å². The molecule has 1 aliphatic heterocycles. The predicted molar refractivity (Wildman–Crippen MR) is 69.8 cm³/mol. The number of benzene rings is 1. The molecule has 0 N–H and O–H groups in total. The monoisotopic (exact) mass is 267 g/mol. The van der Waals surface area contributed by atoms with Crippen molar-refractivity contribution in [3.8, 4) is 0 Å². The molecular formula is C13H17NO3S. The van der Waals surface area contributed by atoms with E-state index in [0.29, 0.717) is 18.1 Å². The molecule has 0 amide bonds. The lowest BCUT2D eigenvalue weighted by atomic mass is 10.4. The Morgan fingerprint density at radius 2 is 1.83 bits per heavy atom. The normalized spacial score (nSPS) is 17.8. The first-order valence-corrected chi connectivity index (χ1v) is 7.45. The molecule has 1 aliphatic rings. The molecule has 4 nitrogen and oxygen atoms in total. The summed E-state index contributed by atoms with van der Waals surface area (Å²) in [4.78, 5) is 2.36. The van der Waals surface area contributed by atoms with Gasteiger partial charge in [-0.05, 0) is 19.1 Å². The highest BCUT2D eigenvalue weighted by Gasteiger charge is 2.15. The number of nitrogens with zero attached hydrogens (tertiary/aromatic N) is 1. The van der Waals surface area contributed by atoms with Crippen LogP contribution in [0.15, 0.2) is 46.3 Å². The lowest BCUT2D eigenvalue weighted by molar-refractivity contribution is 0.0538. The molecule has 1 aromatic carbocycles. The zero-order chi connectivity index (χ0) is 13.0. The van der Waals surface area contributed by atoms with Gasteiger partial charge < -0.3 is 9.64 Å². The molecule has 0 bridgehead atoms. The molecule has 0 aromatic heterocycles. The van der Waals surface area contributed by atoms with E-state index in [1.54, 1.807) is 30.3 Å². The zero-order valence-electron chi connectivity index (χ0n) is 10.4. The third kappa shape index (κ3) is 3.11. The van der Waals surface area contributed by atoms with Gasteiger partial charge >= 0.3 is 0 Å². The fourth-order valence-corrected chi connectivity index (χ4v) is 3.16. The van der Waals surface area contributed by atoms with Gasteiger partial charge in [0, 0.05) is 18.8 Å². The van der Waals surface area contributed by atoms with Crippen molar-refractivity contribution < 1.29 is 13.2 Å². The van der Waals surface area contributed by atoms with Gasteiger partial charge in [0.25, 0.3) is 0 Å². The van der Waals surface area contributed by atoms with Gasteiger partial charge in [0.05, 0.1) is 23.5 Å². The summed E-state index contributed by atoms with van der Waals surface area (Å²) in [6.45, 7) is 4.61. The Morgan fingerprint density at radius 3 is 2.44 bits per heavy atom. The zero-order valence-corrected chi connectivity index (χ0v) is 11.2. The van der Waals surface area contributed by atoms with Gasteiger partial charge in [0.1, 0.15) is 0 Å². The van der Waals surface area contributed by atoms with Crippen molar-refractivity contribution >= 4 is 9.84 Å². The van der Waals surface area contributed by atoms with E-state index < -0.39 is 9.84 Å². The van der Waals surface area contributed by atoms with Gasteiger partial charge in [0.2, 0.25) is 9.84 Å². The summed E-state index contributed by atoms with van der Waals surface area (Å²) in [5.41, 5.74) is 0.766. The van der Waals surface area contributed by atoms with E-state index in [1.165, 1.54) is 5.41 Å². The first kappa shape index (κ1) is 13.1. The van der Waals surface area contributed by atoms with Crippen molar-refractivity contribution in [1.29, 1.82) is 0 Å². The Kier molecular flexibility index (Phi) is 4.04. The second kappa shape index (κ2) is 5.54. The third-order valence-corrected chi connectivity index (χ3v) is 4.49. The van der Waals surface area contributed by atoms with Crippen LogP contribution < -0.4 is 0 Å². The summed E-state index contributed by atoms with van der Waals surface area (Å²) >= 11 is 0. The number of rotatable bonds is 3. The van der Waals surface area contributed by atoms with Gasteiger partial charge in [-0.25, -0.2) is 8.42 Å². The number of allylic oxidation sites excluding steroid dienone is 1. The van der Waals surface area contributed by atoms with Crippen LogP contribution in [0.3, 0.4) is 0 Å². The molecule has 1 aromatic rings. The lowest BCUT2D eigenvalue weighted by Gasteiger charge is -2.29. The van der Waals surface area contributed by atoms with Crippen LogP contribution in [-0.4, -0.2) is 39.6 Å². The molecule has 1 heterocycles. The fraction of sp³-hybridized carbons (Fsp3) is 0.385. The highest BCUT2D eigenvalue weighted by molar-refractivity contribution is 7.94. The minimum Gasteiger partial charge on any atom is -0.378 e. The summed E-state index contributed by atoms with van der Waals surface area (Å²) in [6, 6.07) is 8.48. The summed E-state index contributed by atoms with van der Waals surface area (Å²) in [5, 5.41) is 1.34. The highest BCUT2D eigenvalue weighted by Crippen LogP contribution is 2.15. The first-order chi connectivity index (χ1) is 8.59. The van der Waals surface area contributed by atoms with Crippen LogP contribution in [0.2, 0.25) is 0 Å². The predicted octanol–water partition coefficient (Wildman–Crippen LogP) is 1.65. The summed E-state index contributed by atoms with van der Waals surface area (Å²) < 4.78 is 29.5. The molecule has 0 radical (unpaired) electrons. The fourth-order valence-electron chi connectivity index (χ4n) is 1.89. The maximum atomic E-state index is 12.2. The molecule has 18 heavy (non-hydrogen) atoms. The largest absolute Gasteiger partial charge is 0.378 e. The van der Waals surface area contributed by atoms with E-state index in [4.69, 9.17) is 4.74 Å². The number of ether oxygens (including phenoxy) is 1. The Morgan fingerprint density at radius 1 is 1.22 bits per heavy atom. The minimum absolute atomic E-state index is 0.331. The number of morpholine rings is 1. The molecule has 0 atom stereocenters. The first-order valence-electron chi connectivity index (χ1n) is 5.91. The number of sulfone groups is 1. The maximum absolute atomic E-state index is 12.2. The van der Waals surface area contributed by atoms with E-state index in [9.17, 15) is 8.42 Å². The van der Waals surface area contributed by atoms with Crippen LogP contribution in [0, 0.1) is 0 Å². The average Bonchev–Trinajstić information content (AvgIpc) is 2.40. The number of hydrogen-bond acceptors (Lipinski definition) is 4. The molecule has 0 saturated carbocycles. The van der Waals surface area contributed by atoms with Gasteiger partial charge in [-0.1, -0.05) is 18.2 Å². The van der Waals surface area contributed by atoms with E-state index >= 15 is 0 Å². The Bertz CT molecular complexity index is 516. The summed E-state index contributed by atoms with van der Waals surface area (Å²) in [6.07, 6.45) is 0. The molecule has 2 rings (SSSR count). The Labute approximate surface area is 108 Å². The standard InChI is InChI=1S/C13H17NO3S/c1-12(14-7-9-17-10-8-14)11-18(15,16)13-5-3-2-4-6-13/h2-6,11H,7-10H2,1H3/b12-11+. The minimum atomic E-state index is -3.35.